The molecule has 0 saturated carbocycles. The summed E-state index contributed by atoms with van der Waals surface area (Å²) in [6.07, 6.45) is 0. The Morgan fingerprint density at radius 1 is 0.238 bits per heavy atom. The van der Waals surface area contributed by atoms with Gasteiger partial charge in [-0.3, -0.25) is 0 Å². The summed E-state index contributed by atoms with van der Waals surface area (Å²) in [5.74, 6) is 0. The predicted molar refractivity (Wildman–Crippen MR) is 51.2 cm³/mol. The second-order valence-corrected chi connectivity index (χ2v) is 2.87. The minimum atomic E-state index is -4.12. The molecule has 0 unspecified atom stereocenters. The molecule has 0 bridgehead atoms. The van der Waals surface area contributed by atoms with Crippen molar-refractivity contribution in [3.05, 3.63) is 0 Å². The minimum Gasteiger partial charge on any atom is -0.152 e. The zero-order valence-electron chi connectivity index (χ0n) is 8.26. The molecule has 0 rings (SSSR count). The van der Waals surface area contributed by atoms with Gasteiger partial charge in [0.2, 0.25) is 0 Å². The largest absolute Gasteiger partial charge is 0.456 e. The van der Waals surface area contributed by atoms with Crippen LogP contribution in [0.15, 0.2) is 0 Å². The van der Waals surface area contributed by atoms with Crippen LogP contribution in [0.3, 0.4) is 0 Å². The fourth-order valence-corrected chi connectivity index (χ4v) is 0. The monoisotopic (exact) mass is 496 g/mol. The van der Waals surface area contributed by atoms with E-state index in [1.54, 1.807) is 0 Å². The molecule has 0 saturated heterocycles. The SMILES string of the molecule is FP(F)F.FP(F)F.FP(F)F.FP(F)F.FP(F)F.[Fe]. The Hall–Kier alpha value is 1.62. The quantitative estimate of drug-likeness (QED) is 0.178. The summed E-state index contributed by atoms with van der Waals surface area (Å²) in [5.41, 5.74) is 0. The Morgan fingerprint density at radius 3 is 0.238 bits per heavy atom. The molecule has 0 radical (unpaired) electrons. The first kappa shape index (κ1) is 38.3. The number of halogens is 15. The third-order valence-corrected chi connectivity index (χ3v) is 0. The maximum Gasteiger partial charge on any atom is 0.456 e. The molecular formula is F15FeP5. The Labute approximate surface area is 125 Å². The van der Waals surface area contributed by atoms with Gasteiger partial charge < -0.3 is 0 Å². The summed E-state index contributed by atoms with van der Waals surface area (Å²) in [6.45, 7) is 0. The van der Waals surface area contributed by atoms with Crippen molar-refractivity contribution in [3.8, 4) is 0 Å². The van der Waals surface area contributed by atoms with Crippen LogP contribution >= 0.6 is 44.3 Å². The third kappa shape index (κ3) is 3170. The number of rotatable bonds is 0. The van der Waals surface area contributed by atoms with E-state index >= 15 is 0 Å². The zero-order valence-corrected chi connectivity index (χ0v) is 13.8. The third-order valence-electron chi connectivity index (χ3n) is 0. The molecule has 0 nitrogen and oxygen atoms in total. The van der Waals surface area contributed by atoms with Crippen LogP contribution in [0.25, 0.3) is 0 Å². The van der Waals surface area contributed by atoms with Crippen LogP contribution in [0.5, 0.6) is 0 Å². The van der Waals surface area contributed by atoms with Gasteiger partial charge in [0, 0.05) is 17.1 Å². The average molecular weight is 496 g/mol. The molecule has 0 spiro atoms. The molecule has 0 heterocycles. The van der Waals surface area contributed by atoms with Crippen molar-refractivity contribution in [2.75, 3.05) is 0 Å². The van der Waals surface area contributed by atoms with Crippen molar-refractivity contribution in [2.45, 2.75) is 0 Å². The van der Waals surface area contributed by atoms with Crippen molar-refractivity contribution in [2.24, 2.45) is 0 Å². The first-order chi connectivity index (χ1) is 8.66. The normalized spacial score (nSPS) is 8.57. The molecule has 0 fully saturated rings. The molecule has 0 aromatic carbocycles. The Kier molecular flexibility index (Phi) is 60.7. The summed E-state index contributed by atoms with van der Waals surface area (Å²) < 4.78 is 146. The average Bonchev–Trinajstić information content (AvgIpc) is 1.94. The van der Waals surface area contributed by atoms with E-state index in [4.69, 9.17) is 0 Å². The molecule has 0 aliphatic rings. The minimum absolute atomic E-state index is 0. The van der Waals surface area contributed by atoms with E-state index in [1.807, 2.05) is 0 Å². The predicted octanol–water partition coefficient (Wildman–Crippen LogP) is 10.6. The van der Waals surface area contributed by atoms with E-state index in [1.165, 1.54) is 0 Å². The van der Waals surface area contributed by atoms with Crippen LogP contribution < -0.4 is 0 Å². The summed E-state index contributed by atoms with van der Waals surface area (Å²) in [4.78, 5) is 0. The van der Waals surface area contributed by atoms with Crippen LogP contribution in [0.1, 0.15) is 0 Å². The van der Waals surface area contributed by atoms with Gasteiger partial charge in [-0.2, -0.15) is 63.0 Å². The van der Waals surface area contributed by atoms with E-state index in [2.05, 4.69) is 0 Å². The van der Waals surface area contributed by atoms with Crippen molar-refractivity contribution >= 4 is 44.3 Å². The van der Waals surface area contributed by atoms with Crippen LogP contribution in [0.4, 0.5) is 63.0 Å². The Balaban J connectivity index is -0.0000000331. The zero-order chi connectivity index (χ0) is 17.9. The molecule has 0 N–H and O–H groups in total. The van der Waals surface area contributed by atoms with Gasteiger partial charge in [-0.05, 0) is 0 Å². The number of hydrogen-bond acceptors (Lipinski definition) is 0. The molecule has 0 aromatic heterocycles. The van der Waals surface area contributed by atoms with Gasteiger partial charge in [-0.1, -0.05) is 0 Å². The van der Waals surface area contributed by atoms with Gasteiger partial charge in [0.05, 0.1) is 0 Å². The molecule has 21 heavy (non-hydrogen) atoms. The van der Waals surface area contributed by atoms with Crippen LogP contribution in [0.2, 0.25) is 0 Å². The molecule has 0 aliphatic heterocycles. The van der Waals surface area contributed by atoms with Crippen LogP contribution in [0, 0.1) is 0 Å². The Bertz CT molecular complexity index is 80.6. The summed E-state index contributed by atoms with van der Waals surface area (Å²) in [7, 11) is -20.6. The van der Waals surface area contributed by atoms with Crippen LogP contribution in [-0.2, 0) is 17.1 Å². The van der Waals surface area contributed by atoms with Gasteiger partial charge in [0.25, 0.3) is 0 Å². The van der Waals surface area contributed by atoms with E-state index < -0.39 is 44.3 Å². The summed E-state index contributed by atoms with van der Waals surface area (Å²) in [6, 6.07) is 0. The van der Waals surface area contributed by atoms with Gasteiger partial charge in [0.1, 0.15) is 0 Å². The van der Waals surface area contributed by atoms with Gasteiger partial charge in [-0.15, -0.1) is 0 Å². The molecule has 0 amide bonds. The summed E-state index contributed by atoms with van der Waals surface area (Å²) >= 11 is 0. The molecule has 0 aliphatic carbocycles. The molecule has 0 atom stereocenters. The second-order valence-electron chi connectivity index (χ2n) is 0.958. The first-order valence-corrected chi connectivity index (χ1v) is 7.61. The molecular weight excluding hydrogens is 496 g/mol. The fourth-order valence-electron chi connectivity index (χ4n) is 0. The maximum atomic E-state index is 9.73. The van der Waals surface area contributed by atoms with Gasteiger partial charge >= 0.3 is 44.3 Å². The number of hydrogen-bond donors (Lipinski definition) is 0. The van der Waals surface area contributed by atoms with Crippen molar-refractivity contribution in [1.82, 2.24) is 0 Å². The smallest absolute Gasteiger partial charge is 0.152 e. The second kappa shape index (κ2) is 33.3. The van der Waals surface area contributed by atoms with E-state index in [0.717, 1.165) is 0 Å². The topological polar surface area (TPSA) is 0 Å². The Morgan fingerprint density at radius 2 is 0.238 bits per heavy atom. The van der Waals surface area contributed by atoms with Crippen molar-refractivity contribution < 1.29 is 80.0 Å². The van der Waals surface area contributed by atoms with Crippen molar-refractivity contribution in [1.29, 1.82) is 0 Å². The van der Waals surface area contributed by atoms with Crippen LogP contribution in [-0.4, -0.2) is 0 Å². The fraction of sp³-hybridized carbons (Fsp3) is 0. The maximum absolute atomic E-state index is 9.73. The van der Waals surface area contributed by atoms with E-state index in [9.17, 15) is 63.0 Å². The van der Waals surface area contributed by atoms with Gasteiger partial charge in [-0.25, -0.2) is 0 Å². The van der Waals surface area contributed by atoms with E-state index in [0.29, 0.717) is 0 Å². The van der Waals surface area contributed by atoms with Gasteiger partial charge in [0.15, 0.2) is 0 Å². The van der Waals surface area contributed by atoms with E-state index in [-0.39, 0.29) is 17.1 Å². The first-order valence-electron chi connectivity index (χ1n) is 2.54. The molecule has 138 valence electrons. The molecule has 0 aromatic rings. The van der Waals surface area contributed by atoms with Crippen molar-refractivity contribution in [3.63, 3.8) is 0 Å². The summed E-state index contributed by atoms with van der Waals surface area (Å²) in [5, 5.41) is 0. The molecule has 21 heteroatoms. The standard InChI is InChI=1S/5F3P.Fe/c5*1-4(2)3;.